The number of nitrogens with zero attached hydrogens (tertiary/aromatic N) is 4. The van der Waals surface area contributed by atoms with E-state index in [2.05, 4.69) is 41.0 Å². The van der Waals surface area contributed by atoms with Crippen molar-refractivity contribution in [3.63, 3.8) is 0 Å². The van der Waals surface area contributed by atoms with Crippen LogP contribution in [0.25, 0.3) is 22.0 Å². The second-order valence-electron chi connectivity index (χ2n) is 9.92. The molecule has 0 saturated carbocycles. The van der Waals surface area contributed by atoms with E-state index in [0.29, 0.717) is 48.3 Å². The van der Waals surface area contributed by atoms with Gasteiger partial charge < -0.3 is 19.9 Å². The first kappa shape index (κ1) is 23.6. The monoisotopic (exact) mass is 477 g/mol. The lowest BCUT2D eigenvalue weighted by molar-refractivity contribution is -0.128. The Bertz CT molecular complexity index is 1300. The number of rotatable bonds is 7. The van der Waals surface area contributed by atoms with Crippen molar-refractivity contribution >= 4 is 22.5 Å². The predicted octanol–water partition coefficient (Wildman–Crippen LogP) is 3.67. The van der Waals surface area contributed by atoms with Gasteiger partial charge in [-0.3, -0.25) is 9.78 Å². The van der Waals surface area contributed by atoms with E-state index in [1.807, 2.05) is 19.1 Å². The average molecular weight is 478 g/mol. The molecular weight excluding hydrogens is 445 g/mol. The van der Waals surface area contributed by atoms with Crippen molar-refractivity contribution in [2.24, 2.45) is 0 Å². The maximum absolute atomic E-state index is 15.3. The van der Waals surface area contributed by atoms with E-state index < -0.39 is 5.41 Å². The van der Waals surface area contributed by atoms with Gasteiger partial charge in [0.2, 0.25) is 11.8 Å². The number of amides is 1. The third-order valence-corrected chi connectivity index (χ3v) is 7.16. The summed E-state index contributed by atoms with van der Waals surface area (Å²) in [6.07, 6.45) is 3.35. The van der Waals surface area contributed by atoms with Gasteiger partial charge in [-0.2, -0.15) is 0 Å². The second-order valence-corrected chi connectivity index (χ2v) is 9.92. The van der Waals surface area contributed by atoms with Crippen LogP contribution in [-0.2, 0) is 10.2 Å². The number of hydrogen-bond donors (Lipinski definition) is 1. The lowest BCUT2D eigenvalue weighted by Gasteiger charge is -2.46. The van der Waals surface area contributed by atoms with E-state index in [0.717, 1.165) is 35.3 Å². The van der Waals surface area contributed by atoms with Crippen LogP contribution in [0.5, 0.6) is 5.88 Å². The number of aryl methyl sites for hydroxylation is 1. The third kappa shape index (κ3) is 3.85. The quantitative estimate of drug-likeness (QED) is 0.524. The fourth-order valence-corrected chi connectivity index (χ4v) is 5.31. The number of carbonyl (C=O) groups is 1. The minimum atomic E-state index is -0.591. The number of fused-ring (bicyclic) bond motifs is 4. The van der Waals surface area contributed by atoms with Crippen LogP contribution < -0.4 is 15.0 Å². The molecule has 1 aromatic carbocycles. The number of pyridine rings is 2. The third-order valence-electron chi connectivity index (χ3n) is 7.16. The van der Waals surface area contributed by atoms with Gasteiger partial charge >= 0.3 is 0 Å². The minimum Gasteiger partial charge on any atom is -0.476 e. The highest BCUT2D eigenvalue weighted by atomic mass is 19.1. The smallest absolute Gasteiger partial charge is 0.240 e. The molecular formula is C27H32FN5O2. The number of likely N-dealkylation sites (tertiary alicyclic amines) is 1. The molecule has 1 N–H and O–H groups in total. The molecule has 3 aromatic rings. The molecule has 0 aliphatic carbocycles. The summed E-state index contributed by atoms with van der Waals surface area (Å²) in [6.45, 7) is 11.6. The first-order valence-corrected chi connectivity index (χ1v) is 12.2. The molecule has 8 heteroatoms. The van der Waals surface area contributed by atoms with Gasteiger partial charge in [-0.15, -0.1) is 0 Å². The highest BCUT2D eigenvalue weighted by molar-refractivity contribution is 6.13. The zero-order valence-corrected chi connectivity index (χ0v) is 21.0. The number of aromatic nitrogens is 2. The lowest BCUT2D eigenvalue weighted by Crippen LogP contribution is -2.63. The van der Waals surface area contributed by atoms with Crippen LogP contribution in [0.15, 0.2) is 30.6 Å². The number of halogens is 1. The maximum Gasteiger partial charge on any atom is 0.240 e. The van der Waals surface area contributed by atoms with Crippen molar-refractivity contribution in [2.75, 3.05) is 44.7 Å². The Morgan fingerprint density at radius 3 is 2.66 bits per heavy atom. The SMILES string of the molecule is CCN1CC2(C1)C(=O)N(C)c1cnc3cc(F)c(-c4cnc(OCCNC(C)C)c(C)c4)cc3c12. The molecule has 0 bridgehead atoms. The van der Waals surface area contributed by atoms with Gasteiger partial charge in [-0.1, -0.05) is 20.8 Å². The van der Waals surface area contributed by atoms with Gasteiger partial charge in [0.25, 0.3) is 0 Å². The molecule has 1 spiro atoms. The van der Waals surface area contributed by atoms with Crippen LogP contribution in [0, 0.1) is 12.7 Å². The predicted molar refractivity (Wildman–Crippen MR) is 136 cm³/mol. The molecule has 1 saturated heterocycles. The van der Waals surface area contributed by atoms with Gasteiger partial charge in [0, 0.05) is 72.6 Å². The normalized spacial score (nSPS) is 16.9. The molecule has 0 unspecified atom stereocenters. The molecule has 1 fully saturated rings. The number of carbonyl (C=O) groups excluding carboxylic acids is 1. The second kappa shape index (κ2) is 8.84. The molecule has 1 amide bonds. The van der Waals surface area contributed by atoms with E-state index in [1.54, 1.807) is 24.3 Å². The molecule has 0 atom stereocenters. The van der Waals surface area contributed by atoms with Crippen LogP contribution in [0.2, 0.25) is 0 Å². The van der Waals surface area contributed by atoms with E-state index in [-0.39, 0.29) is 11.7 Å². The summed E-state index contributed by atoms with van der Waals surface area (Å²) in [5, 5.41) is 4.13. The zero-order chi connectivity index (χ0) is 24.9. The molecule has 5 rings (SSSR count). The standard InChI is InChI=1S/C27H32FN5O2/c1-6-33-14-27(15-33)24-20-10-19(21(28)11-22(20)30-13-23(24)32(5)26(27)34)18-9-17(4)25(31-12-18)35-8-7-29-16(2)3/h9-13,16,29H,6-8,14-15H2,1-5H3. The van der Waals surface area contributed by atoms with Crippen molar-refractivity contribution in [3.05, 3.63) is 47.5 Å². The van der Waals surface area contributed by atoms with Gasteiger partial charge in [-0.25, -0.2) is 9.37 Å². The Hall–Kier alpha value is -3.10. The summed E-state index contributed by atoms with van der Waals surface area (Å²) in [5.74, 6) is 0.267. The van der Waals surface area contributed by atoms with Crippen LogP contribution >= 0.6 is 0 Å². The van der Waals surface area contributed by atoms with Crippen molar-refractivity contribution in [2.45, 2.75) is 39.2 Å². The topological polar surface area (TPSA) is 70.6 Å². The largest absolute Gasteiger partial charge is 0.476 e. The Balaban J connectivity index is 1.53. The van der Waals surface area contributed by atoms with Gasteiger partial charge in [0.05, 0.1) is 17.4 Å². The molecule has 35 heavy (non-hydrogen) atoms. The Morgan fingerprint density at radius 2 is 1.97 bits per heavy atom. The Morgan fingerprint density at radius 1 is 1.20 bits per heavy atom. The number of nitrogens with one attached hydrogen (secondary N) is 1. The maximum atomic E-state index is 15.3. The molecule has 7 nitrogen and oxygen atoms in total. The molecule has 184 valence electrons. The van der Waals surface area contributed by atoms with Gasteiger partial charge in [-0.05, 0) is 25.6 Å². The van der Waals surface area contributed by atoms with Crippen molar-refractivity contribution in [3.8, 4) is 17.0 Å². The fourth-order valence-electron chi connectivity index (χ4n) is 5.31. The first-order valence-electron chi connectivity index (χ1n) is 12.2. The van der Waals surface area contributed by atoms with E-state index >= 15 is 4.39 Å². The van der Waals surface area contributed by atoms with Crippen LogP contribution in [0.4, 0.5) is 10.1 Å². The highest BCUT2D eigenvalue weighted by Gasteiger charge is 2.57. The van der Waals surface area contributed by atoms with E-state index in [9.17, 15) is 4.79 Å². The number of hydrogen-bond acceptors (Lipinski definition) is 6. The lowest BCUT2D eigenvalue weighted by atomic mass is 9.73. The summed E-state index contributed by atoms with van der Waals surface area (Å²) < 4.78 is 21.1. The summed E-state index contributed by atoms with van der Waals surface area (Å²) >= 11 is 0. The summed E-state index contributed by atoms with van der Waals surface area (Å²) in [6, 6.07) is 5.59. The van der Waals surface area contributed by atoms with Gasteiger partial charge in [0.15, 0.2) is 0 Å². The van der Waals surface area contributed by atoms with Crippen LogP contribution in [0.1, 0.15) is 31.9 Å². The molecule has 4 heterocycles. The Labute approximate surface area is 205 Å². The van der Waals surface area contributed by atoms with Crippen molar-refractivity contribution in [1.82, 2.24) is 20.2 Å². The van der Waals surface area contributed by atoms with E-state index in [4.69, 9.17) is 4.74 Å². The van der Waals surface area contributed by atoms with Crippen LogP contribution in [-0.4, -0.2) is 66.7 Å². The van der Waals surface area contributed by atoms with Gasteiger partial charge in [0.1, 0.15) is 17.8 Å². The number of ether oxygens (including phenoxy) is 1. The van der Waals surface area contributed by atoms with Crippen molar-refractivity contribution in [1.29, 1.82) is 0 Å². The highest BCUT2D eigenvalue weighted by Crippen LogP contribution is 2.50. The van der Waals surface area contributed by atoms with Crippen molar-refractivity contribution < 1.29 is 13.9 Å². The number of likely N-dealkylation sites (N-methyl/N-ethyl adjacent to an activating group) is 2. The Kier molecular flexibility index (Phi) is 5.97. The number of anilines is 1. The summed E-state index contributed by atoms with van der Waals surface area (Å²) in [4.78, 5) is 26.2. The minimum absolute atomic E-state index is 0.0864. The molecule has 2 aliphatic heterocycles. The zero-order valence-electron chi connectivity index (χ0n) is 21.0. The summed E-state index contributed by atoms with van der Waals surface area (Å²) in [7, 11) is 1.80. The average Bonchev–Trinajstić information content (AvgIpc) is 3.03. The molecule has 2 aromatic heterocycles. The summed E-state index contributed by atoms with van der Waals surface area (Å²) in [5.41, 5.74) is 3.69. The molecule has 2 aliphatic rings. The molecule has 0 radical (unpaired) electrons. The fraction of sp³-hybridized carbons (Fsp3) is 0.444. The number of benzene rings is 1. The van der Waals surface area contributed by atoms with E-state index in [1.165, 1.54) is 6.07 Å². The first-order chi connectivity index (χ1) is 16.7. The van der Waals surface area contributed by atoms with Crippen LogP contribution in [0.3, 0.4) is 0 Å².